The molecule has 0 bridgehead atoms. The van der Waals surface area contributed by atoms with Crippen molar-refractivity contribution in [1.29, 1.82) is 0 Å². The molecule has 1 aromatic carbocycles. The molecule has 0 spiro atoms. The first-order chi connectivity index (χ1) is 12.5. The lowest BCUT2D eigenvalue weighted by Gasteiger charge is -2.37. The van der Waals surface area contributed by atoms with Gasteiger partial charge >= 0.3 is 0 Å². The largest absolute Gasteiger partial charge is 0.362 e. The van der Waals surface area contributed by atoms with Crippen molar-refractivity contribution in [3.8, 4) is 0 Å². The Kier molecular flexibility index (Phi) is 4.34. The molecule has 26 heavy (non-hydrogen) atoms. The second-order valence-electron chi connectivity index (χ2n) is 6.43. The molecule has 0 radical (unpaired) electrons. The minimum atomic E-state index is -0.434. The highest BCUT2D eigenvalue weighted by molar-refractivity contribution is 6.30. The van der Waals surface area contributed by atoms with Crippen LogP contribution in [0.4, 0.5) is 16.0 Å². The fourth-order valence-electron chi connectivity index (χ4n) is 3.05. The average molecular weight is 373 g/mol. The zero-order valence-electron chi connectivity index (χ0n) is 14.2. The van der Waals surface area contributed by atoms with Gasteiger partial charge < -0.3 is 16.0 Å². The van der Waals surface area contributed by atoms with Crippen LogP contribution in [-0.2, 0) is 0 Å². The number of fused-ring (bicyclic) bond motifs is 1. The first-order valence-corrected chi connectivity index (χ1v) is 8.73. The van der Waals surface area contributed by atoms with Crippen molar-refractivity contribution in [2.75, 3.05) is 23.3 Å². The zero-order chi connectivity index (χ0) is 18.3. The Morgan fingerprint density at radius 3 is 2.85 bits per heavy atom. The second-order valence-corrected chi connectivity index (χ2v) is 6.84. The number of aromatic nitrogens is 3. The molecular formula is C18H18ClFN6. The molecule has 0 aliphatic carbocycles. The summed E-state index contributed by atoms with van der Waals surface area (Å²) in [7, 11) is 0. The Labute approximate surface area is 155 Å². The third-order valence-electron chi connectivity index (χ3n) is 4.50. The van der Waals surface area contributed by atoms with Gasteiger partial charge in [0, 0.05) is 24.7 Å². The molecule has 0 saturated carbocycles. The van der Waals surface area contributed by atoms with Crippen molar-refractivity contribution in [2.45, 2.75) is 19.0 Å². The van der Waals surface area contributed by atoms with E-state index < -0.39 is 5.82 Å². The van der Waals surface area contributed by atoms with Crippen LogP contribution in [0.1, 0.15) is 18.5 Å². The van der Waals surface area contributed by atoms with E-state index in [-0.39, 0.29) is 17.1 Å². The van der Waals surface area contributed by atoms with Crippen LogP contribution in [0.2, 0.25) is 5.02 Å². The number of nitrogens with one attached hydrogen (secondary N) is 1. The summed E-state index contributed by atoms with van der Waals surface area (Å²) in [6.07, 6.45) is 1.46. The van der Waals surface area contributed by atoms with Crippen LogP contribution in [0.15, 0.2) is 36.7 Å². The standard InChI is InChI=1S/C18H18ClFN6/c1-10(12-3-2-4-13(19)16(12)20)24-18-17-14(22-9-23-18)5-6-15(25-17)26-7-11(21)8-26/h2-6,9-11H,7-8,21H2,1H3,(H,22,23,24). The number of nitrogens with two attached hydrogens (primary N) is 1. The maximum Gasteiger partial charge on any atom is 0.156 e. The quantitative estimate of drug-likeness (QED) is 0.732. The maximum absolute atomic E-state index is 14.3. The minimum absolute atomic E-state index is 0.0956. The van der Waals surface area contributed by atoms with E-state index in [0.717, 1.165) is 24.4 Å². The van der Waals surface area contributed by atoms with Gasteiger partial charge in [0.1, 0.15) is 23.5 Å². The predicted octanol–water partition coefficient (Wildman–Crippen LogP) is 3.14. The molecule has 134 valence electrons. The number of benzene rings is 1. The fraction of sp³-hybridized carbons (Fsp3) is 0.278. The van der Waals surface area contributed by atoms with Crippen molar-refractivity contribution in [3.63, 3.8) is 0 Å². The number of pyridine rings is 1. The normalized spacial score (nSPS) is 15.8. The first kappa shape index (κ1) is 16.9. The SMILES string of the molecule is CC(Nc1ncnc2ccc(N3CC(N)C3)nc12)c1cccc(Cl)c1F. The van der Waals surface area contributed by atoms with Gasteiger partial charge in [-0.3, -0.25) is 0 Å². The van der Waals surface area contributed by atoms with Crippen LogP contribution < -0.4 is 16.0 Å². The van der Waals surface area contributed by atoms with Crippen LogP contribution in [0.5, 0.6) is 0 Å². The Balaban J connectivity index is 1.67. The zero-order valence-corrected chi connectivity index (χ0v) is 14.9. The Hall–Kier alpha value is -2.51. The molecule has 1 saturated heterocycles. The van der Waals surface area contributed by atoms with Gasteiger partial charge in [-0.05, 0) is 25.1 Å². The third-order valence-corrected chi connectivity index (χ3v) is 4.79. The Bertz CT molecular complexity index is 960. The molecule has 4 rings (SSSR count). The van der Waals surface area contributed by atoms with Crippen molar-refractivity contribution in [2.24, 2.45) is 5.73 Å². The predicted molar refractivity (Wildman–Crippen MR) is 101 cm³/mol. The Morgan fingerprint density at radius 1 is 1.27 bits per heavy atom. The summed E-state index contributed by atoms with van der Waals surface area (Å²) in [5.41, 5.74) is 7.68. The molecule has 8 heteroatoms. The highest BCUT2D eigenvalue weighted by Gasteiger charge is 2.25. The van der Waals surface area contributed by atoms with E-state index in [4.69, 9.17) is 17.3 Å². The van der Waals surface area contributed by atoms with Crippen LogP contribution >= 0.6 is 11.6 Å². The first-order valence-electron chi connectivity index (χ1n) is 8.35. The van der Waals surface area contributed by atoms with Crippen molar-refractivity contribution in [3.05, 3.63) is 53.1 Å². The molecule has 6 nitrogen and oxygen atoms in total. The molecule has 1 aliphatic heterocycles. The van der Waals surface area contributed by atoms with E-state index in [0.29, 0.717) is 16.9 Å². The Morgan fingerprint density at radius 2 is 2.08 bits per heavy atom. The van der Waals surface area contributed by atoms with Crippen LogP contribution in [0.3, 0.4) is 0 Å². The van der Waals surface area contributed by atoms with Gasteiger partial charge in [0.05, 0.1) is 16.6 Å². The highest BCUT2D eigenvalue weighted by atomic mass is 35.5. The average Bonchev–Trinajstić information content (AvgIpc) is 2.61. The van der Waals surface area contributed by atoms with Crippen molar-refractivity contribution < 1.29 is 4.39 Å². The number of hydrogen-bond donors (Lipinski definition) is 2. The number of anilines is 2. The van der Waals surface area contributed by atoms with Crippen LogP contribution in [0, 0.1) is 5.82 Å². The molecule has 1 unspecified atom stereocenters. The van der Waals surface area contributed by atoms with E-state index in [1.54, 1.807) is 12.1 Å². The molecule has 1 atom stereocenters. The number of halogens is 2. The van der Waals surface area contributed by atoms with Gasteiger partial charge in [0.15, 0.2) is 5.82 Å². The summed E-state index contributed by atoms with van der Waals surface area (Å²) in [6, 6.07) is 8.61. The molecule has 3 aromatic rings. The number of hydrogen-bond acceptors (Lipinski definition) is 6. The van der Waals surface area contributed by atoms with Crippen molar-refractivity contribution >= 4 is 34.3 Å². The van der Waals surface area contributed by atoms with Gasteiger partial charge in [-0.25, -0.2) is 19.3 Å². The summed E-state index contributed by atoms with van der Waals surface area (Å²) in [4.78, 5) is 15.3. The van der Waals surface area contributed by atoms with E-state index >= 15 is 0 Å². The molecule has 2 aromatic heterocycles. The minimum Gasteiger partial charge on any atom is -0.362 e. The molecule has 1 fully saturated rings. The lowest BCUT2D eigenvalue weighted by molar-refractivity contribution is 0.515. The topological polar surface area (TPSA) is 80.0 Å². The smallest absolute Gasteiger partial charge is 0.156 e. The highest BCUT2D eigenvalue weighted by Crippen LogP contribution is 2.28. The fourth-order valence-corrected chi connectivity index (χ4v) is 3.23. The second kappa shape index (κ2) is 6.66. The summed E-state index contributed by atoms with van der Waals surface area (Å²) in [5, 5.41) is 3.32. The van der Waals surface area contributed by atoms with Gasteiger partial charge in [-0.1, -0.05) is 23.7 Å². The van der Waals surface area contributed by atoms with Gasteiger partial charge in [-0.2, -0.15) is 0 Å². The summed E-state index contributed by atoms with van der Waals surface area (Å²) in [5.74, 6) is 0.947. The molecular weight excluding hydrogens is 355 g/mol. The van der Waals surface area contributed by atoms with Crippen molar-refractivity contribution in [1.82, 2.24) is 15.0 Å². The molecule has 1 aliphatic rings. The maximum atomic E-state index is 14.3. The van der Waals surface area contributed by atoms with Gasteiger partial charge in [-0.15, -0.1) is 0 Å². The molecule has 3 N–H and O–H groups in total. The monoisotopic (exact) mass is 372 g/mol. The van der Waals surface area contributed by atoms with E-state index in [2.05, 4.69) is 25.2 Å². The summed E-state index contributed by atoms with van der Waals surface area (Å²) < 4.78 is 14.3. The number of rotatable bonds is 4. The third kappa shape index (κ3) is 3.04. The summed E-state index contributed by atoms with van der Waals surface area (Å²) >= 11 is 5.89. The van der Waals surface area contributed by atoms with Gasteiger partial charge in [0.2, 0.25) is 0 Å². The summed E-state index contributed by atoms with van der Waals surface area (Å²) in [6.45, 7) is 3.40. The molecule has 0 amide bonds. The molecule has 3 heterocycles. The number of nitrogens with zero attached hydrogens (tertiary/aromatic N) is 4. The van der Waals surface area contributed by atoms with Gasteiger partial charge in [0.25, 0.3) is 0 Å². The van der Waals surface area contributed by atoms with E-state index in [1.165, 1.54) is 12.4 Å². The van der Waals surface area contributed by atoms with E-state index in [9.17, 15) is 4.39 Å². The lowest BCUT2D eigenvalue weighted by Crippen LogP contribution is -2.56. The van der Waals surface area contributed by atoms with Crippen LogP contribution in [-0.4, -0.2) is 34.1 Å². The van der Waals surface area contributed by atoms with Crippen LogP contribution in [0.25, 0.3) is 11.0 Å². The van der Waals surface area contributed by atoms with E-state index in [1.807, 2.05) is 19.1 Å². The lowest BCUT2D eigenvalue weighted by atomic mass is 10.1.